The molecule has 0 radical (unpaired) electrons. The van der Waals surface area contributed by atoms with Crippen LogP contribution >= 0.6 is 0 Å². The highest BCUT2D eigenvalue weighted by Gasteiger charge is 2.20. The molecule has 2 N–H and O–H groups in total. The van der Waals surface area contributed by atoms with Gasteiger partial charge in [-0.15, -0.1) is 0 Å². The molecule has 0 amide bonds. The van der Waals surface area contributed by atoms with E-state index in [0.29, 0.717) is 11.9 Å². The summed E-state index contributed by atoms with van der Waals surface area (Å²) in [6.07, 6.45) is 7.30. The Morgan fingerprint density at radius 3 is 2.79 bits per heavy atom. The van der Waals surface area contributed by atoms with Crippen molar-refractivity contribution in [3.8, 4) is 5.95 Å². The molecule has 0 saturated heterocycles. The molecule has 0 bridgehead atoms. The lowest BCUT2D eigenvalue weighted by atomic mass is 9.85. The molecule has 1 fully saturated rings. The van der Waals surface area contributed by atoms with Crippen molar-refractivity contribution in [2.24, 2.45) is 5.92 Å². The zero-order valence-electron chi connectivity index (χ0n) is 14.4. The number of hydrogen-bond donors (Lipinski definition) is 2. The van der Waals surface area contributed by atoms with Crippen LogP contribution in [0.15, 0.2) is 23.0 Å². The van der Waals surface area contributed by atoms with Gasteiger partial charge in [0.2, 0.25) is 5.95 Å². The average molecular weight is 324 g/mol. The molecule has 4 rings (SSSR count). The summed E-state index contributed by atoms with van der Waals surface area (Å²) in [6.45, 7) is 4.04. The van der Waals surface area contributed by atoms with Crippen LogP contribution in [0.4, 0.5) is 0 Å². The molecule has 0 atom stereocenters. The zero-order valence-corrected chi connectivity index (χ0v) is 14.4. The number of nitrogens with zero attached hydrogens (tertiary/aromatic N) is 2. The Kier molecular flexibility index (Phi) is 3.79. The van der Waals surface area contributed by atoms with Gasteiger partial charge >= 0.3 is 0 Å². The fourth-order valence-corrected chi connectivity index (χ4v) is 3.87. The topological polar surface area (TPSA) is 66.5 Å². The van der Waals surface area contributed by atoms with Crippen LogP contribution < -0.4 is 5.56 Å². The molecule has 0 spiro atoms. The third-order valence-corrected chi connectivity index (χ3v) is 5.25. The van der Waals surface area contributed by atoms with Gasteiger partial charge in [-0.2, -0.15) is 4.68 Å². The third kappa shape index (κ3) is 2.68. The van der Waals surface area contributed by atoms with Gasteiger partial charge in [-0.05, 0) is 43.9 Å². The van der Waals surface area contributed by atoms with Crippen LogP contribution in [0.25, 0.3) is 17.0 Å². The van der Waals surface area contributed by atoms with Crippen LogP contribution in [0.3, 0.4) is 0 Å². The summed E-state index contributed by atoms with van der Waals surface area (Å²) in [6, 6.07) is 6.06. The number of hydrogen-bond acceptors (Lipinski definition) is 2. The minimum Gasteiger partial charge on any atom is -0.322 e. The number of nitrogens with one attached hydrogen (secondary N) is 2. The predicted molar refractivity (Wildman–Crippen MR) is 95.8 cm³/mol. The minimum absolute atomic E-state index is 0.0360. The lowest BCUT2D eigenvalue weighted by Gasteiger charge is -2.20. The lowest BCUT2D eigenvalue weighted by Crippen LogP contribution is -2.21. The number of aryl methyl sites for hydroxylation is 2. The van der Waals surface area contributed by atoms with Gasteiger partial charge in [0, 0.05) is 11.3 Å². The molecule has 1 saturated carbocycles. The number of aromatic nitrogens is 4. The molecule has 2 aromatic heterocycles. The van der Waals surface area contributed by atoms with E-state index in [9.17, 15) is 4.79 Å². The number of imidazole rings is 1. The third-order valence-electron chi connectivity index (χ3n) is 5.25. The van der Waals surface area contributed by atoms with Gasteiger partial charge in [0.25, 0.3) is 5.56 Å². The second kappa shape index (κ2) is 5.96. The van der Waals surface area contributed by atoms with Crippen molar-refractivity contribution in [3.05, 3.63) is 45.4 Å². The summed E-state index contributed by atoms with van der Waals surface area (Å²) in [5, 5.41) is 3.20. The van der Waals surface area contributed by atoms with Crippen LogP contribution in [0.5, 0.6) is 0 Å². The van der Waals surface area contributed by atoms with Crippen LogP contribution in [-0.2, 0) is 6.42 Å². The number of H-pyrrole nitrogens is 2. The summed E-state index contributed by atoms with van der Waals surface area (Å²) in [7, 11) is 0. The Balaban J connectivity index is 1.70. The molecule has 1 aliphatic rings. The Morgan fingerprint density at radius 1 is 1.21 bits per heavy atom. The molecule has 1 aliphatic carbocycles. The average Bonchev–Trinajstić information content (AvgIpc) is 3.11. The molecule has 5 nitrogen and oxygen atoms in total. The summed E-state index contributed by atoms with van der Waals surface area (Å²) in [4.78, 5) is 20.7. The number of benzene rings is 1. The van der Waals surface area contributed by atoms with Crippen LogP contribution in [0, 0.1) is 19.8 Å². The van der Waals surface area contributed by atoms with Gasteiger partial charge in [-0.25, -0.2) is 4.98 Å². The molecule has 126 valence electrons. The minimum atomic E-state index is 0.0360. The largest absolute Gasteiger partial charge is 0.322 e. The Hall–Kier alpha value is -2.30. The van der Waals surface area contributed by atoms with Crippen molar-refractivity contribution in [1.82, 2.24) is 19.7 Å². The number of fused-ring (bicyclic) bond motifs is 1. The second-order valence-electron chi connectivity index (χ2n) is 7.15. The van der Waals surface area contributed by atoms with Crippen LogP contribution in [0.1, 0.15) is 48.9 Å². The van der Waals surface area contributed by atoms with Crippen LogP contribution in [0.2, 0.25) is 0 Å². The van der Waals surface area contributed by atoms with Gasteiger partial charge in [0.1, 0.15) is 0 Å². The molecule has 0 aliphatic heterocycles. The van der Waals surface area contributed by atoms with Gasteiger partial charge < -0.3 is 4.98 Å². The first-order valence-corrected chi connectivity index (χ1v) is 8.89. The van der Waals surface area contributed by atoms with E-state index in [1.54, 1.807) is 4.68 Å². The second-order valence-corrected chi connectivity index (χ2v) is 7.15. The van der Waals surface area contributed by atoms with E-state index in [2.05, 4.69) is 21.1 Å². The van der Waals surface area contributed by atoms with E-state index in [-0.39, 0.29) is 5.56 Å². The highest BCUT2D eigenvalue weighted by Crippen LogP contribution is 2.26. The molecule has 0 unspecified atom stereocenters. The van der Waals surface area contributed by atoms with E-state index in [1.807, 2.05) is 26.0 Å². The molecular weight excluding hydrogens is 300 g/mol. The van der Waals surface area contributed by atoms with Gasteiger partial charge in [-0.1, -0.05) is 38.2 Å². The molecule has 2 heterocycles. The Bertz CT molecular complexity index is 925. The Morgan fingerprint density at radius 2 is 2.00 bits per heavy atom. The summed E-state index contributed by atoms with van der Waals surface area (Å²) < 4.78 is 1.56. The van der Waals surface area contributed by atoms with Crippen molar-refractivity contribution >= 4 is 11.0 Å². The summed E-state index contributed by atoms with van der Waals surface area (Å²) in [5.41, 5.74) is 4.92. The molecular formula is C19H24N4O. The fourth-order valence-electron chi connectivity index (χ4n) is 3.87. The first-order valence-electron chi connectivity index (χ1n) is 8.89. The van der Waals surface area contributed by atoms with E-state index < -0.39 is 0 Å². The number of aromatic amines is 2. The molecule has 3 aromatic rings. The van der Waals surface area contributed by atoms with E-state index in [1.165, 1.54) is 37.7 Å². The number of rotatable bonds is 3. The van der Waals surface area contributed by atoms with E-state index >= 15 is 0 Å². The standard InChI is InChI=1S/C19H24N4O/c1-12-8-9-16-17(10-12)21-19(20-16)23-18(24)15(13(2)22-23)11-14-6-4-3-5-7-14/h8-10,14,22H,3-7,11H2,1-2H3,(H,20,21). The maximum absolute atomic E-state index is 12.9. The van der Waals surface area contributed by atoms with Crippen molar-refractivity contribution in [2.45, 2.75) is 52.4 Å². The highest BCUT2D eigenvalue weighted by molar-refractivity contribution is 5.76. The lowest BCUT2D eigenvalue weighted by molar-refractivity contribution is 0.355. The monoisotopic (exact) mass is 324 g/mol. The SMILES string of the molecule is Cc1ccc2nc(-n3[nH]c(C)c(CC4CCCCC4)c3=O)[nH]c2c1. The van der Waals surface area contributed by atoms with Crippen molar-refractivity contribution in [1.29, 1.82) is 0 Å². The molecule has 1 aromatic carbocycles. The first kappa shape index (κ1) is 15.2. The normalized spacial score (nSPS) is 16.1. The Labute approximate surface area is 141 Å². The van der Waals surface area contributed by atoms with Crippen molar-refractivity contribution in [2.75, 3.05) is 0 Å². The zero-order chi connectivity index (χ0) is 16.7. The van der Waals surface area contributed by atoms with Gasteiger partial charge in [0.05, 0.1) is 11.0 Å². The smallest absolute Gasteiger partial charge is 0.277 e. The maximum atomic E-state index is 12.9. The molecule has 24 heavy (non-hydrogen) atoms. The van der Waals surface area contributed by atoms with Gasteiger partial charge in [-0.3, -0.25) is 9.89 Å². The van der Waals surface area contributed by atoms with E-state index in [0.717, 1.165) is 28.7 Å². The van der Waals surface area contributed by atoms with E-state index in [4.69, 9.17) is 0 Å². The van der Waals surface area contributed by atoms with Crippen LogP contribution in [-0.4, -0.2) is 19.7 Å². The fraction of sp³-hybridized carbons (Fsp3) is 0.474. The summed E-state index contributed by atoms with van der Waals surface area (Å²) in [5.74, 6) is 1.21. The predicted octanol–water partition coefficient (Wildman–Crippen LogP) is 3.78. The quantitative estimate of drug-likeness (QED) is 0.770. The van der Waals surface area contributed by atoms with Gasteiger partial charge in [0.15, 0.2) is 0 Å². The summed E-state index contributed by atoms with van der Waals surface area (Å²) >= 11 is 0. The highest BCUT2D eigenvalue weighted by atomic mass is 16.1. The maximum Gasteiger partial charge on any atom is 0.277 e. The van der Waals surface area contributed by atoms with Crippen molar-refractivity contribution < 1.29 is 0 Å². The molecule has 5 heteroatoms. The van der Waals surface area contributed by atoms with Crippen molar-refractivity contribution in [3.63, 3.8) is 0 Å². The first-order chi connectivity index (χ1) is 11.6.